The number of hydrogen-bond donors (Lipinski definition) is 2. The number of amides is 2. The zero-order valence-electron chi connectivity index (χ0n) is 15.7. The second kappa shape index (κ2) is 8.83. The first kappa shape index (κ1) is 19.9. The molecule has 2 N–H and O–H groups in total. The third-order valence-corrected chi connectivity index (χ3v) is 5.16. The molecule has 3 atom stereocenters. The Kier molecular flexibility index (Phi) is 6.77. The largest absolute Gasteiger partial charge is 0.481 e. The first-order valence-electron chi connectivity index (χ1n) is 9.25. The Hall–Kier alpha value is -2.37. The number of anilines is 1. The molecular weight excluding hydrogens is 332 g/mol. The van der Waals surface area contributed by atoms with E-state index in [1.807, 2.05) is 13.8 Å². The van der Waals surface area contributed by atoms with E-state index in [1.54, 1.807) is 36.1 Å². The molecule has 1 aromatic rings. The van der Waals surface area contributed by atoms with Gasteiger partial charge in [-0.25, -0.2) is 0 Å². The van der Waals surface area contributed by atoms with Gasteiger partial charge in [-0.05, 0) is 43.9 Å². The Morgan fingerprint density at radius 1 is 1.31 bits per heavy atom. The number of likely N-dealkylation sites (tertiary alicyclic amines) is 1. The molecule has 1 aliphatic heterocycles. The smallest absolute Gasteiger partial charge is 0.310 e. The van der Waals surface area contributed by atoms with Crippen molar-refractivity contribution in [2.24, 2.45) is 11.8 Å². The zero-order chi connectivity index (χ0) is 19.3. The Bertz CT molecular complexity index is 674. The van der Waals surface area contributed by atoms with Gasteiger partial charge in [-0.2, -0.15) is 0 Å². The molecule has 3 unspecified atom stereocenters. The second-order valence-corrected chi connectivity index (χ2v) is 7.11. The molecule has 1 aliphatic rings. The molecule has 0 spiro atoms. The Labute approximate surface area is 154 Å². The Morgan fingerprint density at radius 2 is 2.04 bits per heavy atom. The summed E-state index contributed by atoms with van der Waals surface area (Å²) in [5.41, 5.74) is 1.23. The Morgan fingerprint density at radius 3 is 2.69 bits per heavy atom. The van der Waals surface area contributed by atoms with E-state index >= 15 is 0 Å². The van der Waals surface area contributed by atoms with Crippen molar-refractivity contribution >= 4 is 23.5 Å². The molecular formula is C20H28N2O4. The van der Waals surface area contributed by atoms with E-state index in [-0.39, 0.29) is 23.7 Å². The van der Waals surface area contributed by atoms with Crippen molar-refractivity contribution in [3.05, 3.63) is 29.8 Å². The average molecular weight is 360 g/mol. The molecule has 142 valence electrons. The minimum Gasteiger partial charge on any atom is -0.481 e. The molecule has 26 heavy (non-hydrogen) atoms. The monoisotopic (exact) mass is 360 g/mol. The van der Waals surface area contributed by atoms with E-state index in [4.69, 9.17) is 5.11 Å². The van der Waals surface area contributed by atoms with Gasteiger partial charge in [-0.3, -0.25) is 14.4 Å². The average Bonchev–Trinajstić information content (AvgIpc) is 2.66. The predicted octanol–water partition coefficient (Wildman–Crippen LogP) is 3.10. The van der Waals surface area contributed by atoms with E-state index in [2.05, 4.69) is 5.32 Å². The highest BCUT2D eigenvalue weighted by Crippen LogP contribution is 2.23. The lowest BCUT2D eigenvalue weighted by Gasteiger charge is -2.33. The van der Waals surface area contributed by atoms with Crippen LogP contribution in [0.1, 0.15) is 51.5 Å². The Balaban J connectivity index is 2.02. The molecule has 0 aliphatic carbocycles. The summed E-state index contributed by atoms with van der Waals surface area (Å²) in [7, 11) is 0. The van der Waals surface area contributed by atoms with Crippen LogP contribution in [0.4, 0.5) is 5.69 Å². The van der Waals surface area contributed by atoms with E-state index in [0.717, 1.165) is 19.3 Å². The molecule has 0 saturated carbocycles. The number of carbonyl (C=O) groups excluding carboxylic acids is 2. The van der Waals surface area contributed by atoms with E-state index in [0.29, 0.717) is 24.3 Å². The van der Waals surface area contributed by atoms with Crippen LogP contribution < -0.4 is 5.32 Å². The highest BCUT2D eigenvalue weighted by molar-refractivity contribution is 5.93. The van der Waals surface area contributed by atoms with Gasteiger partial charge in [0.2, 0.25) is 11.8 Å². The number of nitrogens with one attached hydrogen (secondary N) is 1. The van der Waals surface area contributed by atoms with Crippen LogP contribution in [0.2, 0.25) is 0 Å². The lowest BCUT2D eigenvalue weighted by Crippen LogP contribution is -2.45. The van der Waals surface area contributed by atoms with Crippen LogP contribution in [0.5, 0.6) is 0 Å². The van der Waals surface area contributed by atoms with Gasteiger partial charge in [-0.15, -0.1) is 0 Å². The SMILES string of the molecule is CCC(C)C(=O)N1CCCC(C(=O)Nc2cccc(C(C)C(=O)O)c2)C1. The van der Waals surface area contributed by atoms with Crippen LogP contribution in [0.25, 0.3) is 0 Å². The van der Waals surface area contributed by atoms with Gasteiger partial charge in [0, 0.05) is 24.7 Å². The summed E-state index contributed by atoms with van der Waals surface area (Å²) in [6, 6.07) is 6.92. The molecule has 1 aromatic carbocycles. The quantitative estimate of drug-likeness (QED) is 0.816. The van der Waals surface area contributed by atoms with E-state index < -0.39 is 11.9 Å². The number of benzene rings is 1. The maximum atomic E-state index is 12.6. The summed E-state index contributed by atoms with van der Waals surface area (Å²) in [6.45, 7) is 6.67. The predicted molar refractivity (Wildman–Crippen MR) is 99.9 cm³/mol. The first-order chi connectivity index (χ1) is 12.3. The fourth-order valence-corrected chi connectivity index (χ4v) is 3.15. The molecule has 0 aromatic heterocycles. The van der Waals surface area contributed by atoms with Gasteiger partial charge < -0.3 is 15.3 Å². The molecule has 2 rings (SSSR count). The lowest BCUT2D eigenvalue weighted by atomic mass is 9.95. The van der Waals surface area contributed by atoms with E-state index in [9.17, 15) is 14.4 Å². The second-order valence-electron chi connectivity index (χ2n) is 7.11. The fourth-order valence-electron chi connectivity index (χ4n) is 3.15. The summed E-state index contributed by atoms with van der Waals surface area (Å²) in [4.78, 5) is 37.9. The van der Waals surface area contributed by atoms with Gasteiger partial charge in [0.05, 0.1) is 11.8 Å². The van der Waals surface area contributed by atoms with Crippen LogP contribution in [0.15, 0.2) is 24.3 Å². The first-order valence-corrected chi connectivity index (χ1v) is 9.25. The highest BCUT2D eigenvalue weighted by Gasteiger charge is 2.30. The number of hydrogen-bond acceptors (Lipinski definition) is 3. The number of carboxylic acids is 1. The van der Waals surface area contributed by atoms with Gasteiger partial charge in [0.1, 0.15) is 0 Å². The molecule has 1 fully saturated rings. The highest BCUT2D eigenvalue weighted by atomic mass is 16.4. The summed E-state index contributed by atoms with van der Waals surface area (Å²) < 4.78 is 0. The third-order valence-electron chi connectivity index (χ3n) is 5.16. The number of nitrogens with zero attached hydrogens (tertiary/aromatic N) is 1. The molecule has 0 bridgehead atoms. The normalized spacial score (nSPS) is 19.5. The van der Waals surface area contributed by atoms with Gasteiger partial charge in [-0.1, -0.05) is 26.0 Å². The minimum atomic E-state index is -0.903. The van der Waals surface area contributed by atoms with Crippen molar-refractivity contribution < 1.29 is 19.5 Å². The topological polar surface area (TPSA) is 86.7 Å². The summed E-state index contributed by atoms with van der Waals surface area (Å²) in [6.07, 6.45) is 2.36. The number of carbonyl (C=O) groups is 3. The standard InChI is InChI=1S/C20H28N2O4/c1-4-13(2)19(24)22-10-6-8-16(12-22)18(23)21-17-9-5-7-15(11-17)14(3)20(25)26/h5,7,9,11,13-14,16H,4,6,8,10,12H2,1-3H3,(H,21,23)(H,25,26). The van der Waals surface area contributed by atoms with Crippen LogP contribution >= 0.6 is 0 Å². The van der Waals surface area contributed by atoms with Crippen LogP contribution in [-0.2, 0) is 14.4 Å². The lowest BCUT2D eigenvalue weighted by molar-refractivity contribution is -0.139. The molecule has 0 radical (unpaired) electrons. The van der Waals surface area contributed by atoms with Crippen LogP contribution in [-0.4, -0.2) is 40.9 Å². The molecule has 2 amide bonds. The number of rotatable bonds is 6. The van der Waals surface area contributed by atoms with Gasteiger partial charge >= 0.3 is 5.97 Å². The van der Waals surface area contributed by atoms with Crippen LogP contribution in [0, 0.1) is 11.8 Å². The van der Waals surface area contributed by atoms with Crippen molar-refractivity contribution in [2.45, 2.75) is 46.0 Å². The van der Waals surface area contributed by atoms with Crippen molar-refractivity contribution in [1.82, 2.24) is 4.90 Å². The molecule has 1 saturated heterocycles. The third kappa shape index (κ3) is 4.84. The molecule has 6 nitrogen and oxygen atoms in total. The number of carboxylic acid groups (broad SMARTS) is 1. The number of aliphatic carboxylic acids is 1. The molecule has 6 heteroatoms. The number of piperidine rings is 1. The van der Waals surface area contributed by atoms with Crippen molar-refractivity contribution in [2.75, 3.05) is 18.4 Å². The van der Waals surface area contributed by atoms with Crippen molar-refractivity contribution in [3.63, 3.8) is 0 Å². The summed E-state index contributed by atoms with van der Waals surface area (Å²) in [5, 5.41) is 12.0. The van der Waals surface area contributed by atoms with E-state index in [1.165, 1.54) is 0 Å². The summed E-state index contributed by atoms with van der Waals surface area (Å²) in [5.74, 6) is -1.80. The molecule has 1 heterocycles. The van der Waals surface area contributed by atoms with Crippen LogP contribution in [0.3, 0.4) is 0 Å². The maximum Gasteiger partial charge on any atom is 0.310 e. The maximum absolute atomic E-state index is 12.6. The minimum absolute atomic E-state index is 0.0222. The van der Waals surface area contributed by atoms with Crippen molar-refractivity contribution in [1.29, 1.82) is 0 Å². The fraction of sp³-hybridized carbons (Fsp3) is 0.550. The van der Waals surface area contributed by atoms with Crippen molar-refractivity contribution in [3.8, 4) is 0 Å². The zero-order valence-corrected chi connectivity index (χ0v) is 15.7. The van der Waals surface area contributed by atoms with Gasteiger partial charge in [0.15, 0.2) is 0 Å². The summed E-state index contributed by atoms with van der Waals surface area (Å²) >= 11 is 0. The van der Waals surface area contributed by atoms with Gasteiger partial charge in [0.25, 0.3) is 0 Å².